The number of aromatic nitrogens is 1. The van der Waals surface area contributed by atoms with E-state index >= 15 is 0 Å². The number of thiazole rings is 1. The number of benzene rings is 1. The second-order valence-corrected chi connectivity index (χ2v) is 9.68. The summed E-state index contributed by atoms with van der Waals surface area (Å²) in [6.45, 7) is 6.09. The Morgan fingerprint density at radius 1 is 1.19 bits per heavy atom. The highest BCUT2D eigenvalue weighted by molar-refractivity contribution is 7.89. The average Bonchev–Trinajstić information content (AvgIpc) is 2.92. The van der Waals surface area contributed by atoms with Gasteiger partial charge in [0.1, 0.15) is 6.04 Å². The summed E-state index contributed by atoms with van der Waals surface area (Å²) in [6.07, 6.45) is 2.10. The molecule has 8 heteroatoms. The maximum atomic E-state index is 13.1. The lowest BCUT2D eigenvalue weighted by atomic mass is 10.0. The van der Waals surface area contributed by atoms with E-state index in [1.54, 1.807) is 24.3 Å². The highest BCUT2D eigenvalue weighted by Gasteiger charge is 2.37. The van der Waals surface area contributed by atoms with Gasteiger partial charge in [-0.25, -0.2) is 13.4 Å². The highest BCUT2D eigenvalue weighted by atomic mass is 32.2. The monoisotopic (exact) mass is 393 g/mol. The molecule has 0 aliphatic carbocycles. The van der Waals surface area contributed by atoms with E-state index in [2.05, 4.69) is 10.3 Å². The molecule has 6 nitrogen and oxygen atoms in total. The van der Waals surface area contributed by atoms with Crippen LogP contribution < -0.4 is 5.32 Å². The van der Waals surface area contributed by atoms with E-state index in [9.17, 15) is 13.2 Å². The van der Waals surface area contributed by atoms with E-state index in [0.29, 0.717) is 18.1 Å². The molecule has 26 heavy (non-hydrogen) atoms. The first-order valence-electron chi connectivity index (χ1n) is 8.62. The third-order valence-electron chi connectivity index (χ3n) is 4.64. The van der Waals surface area contributed by atoms with Crippen molar-refractivity contribution >= 4 is 32.4 Å². The van der Waals surface area contributed by atoms with E-state index in [4.69, 9.17) is 0 Å². The van der Waals surface area contributed by atoms with Crippen LogP contribution in [0.25, 0.3) is 0 Å². The molecule has 0 saturated carbocycles. The molecule has 1 amide bonds. The lowest BCUT2D eigenvalue weighted by molar-refractivity contribution is -0.120. The zero-order chi connectivity index (χ0) is 18.9. The number of nitrogens with zero attached hydrogens (tertiary/aromatic N) is 2. The third-order valence-corrected chi connectivity index (χ3v) is 7.55. The molecule has 1 unspecified atom stereocenters. The smallest absolute Gasteiger partial charge is 0.244 e. The van der Waals surface area contributed by atoms with E-state index in [0.717, 1.165) is 29.0 Å². The summed E-state index contributed by atoms with van der Waals surface area (Å²) >= 11 is 1.40. The quantitative estimate of drug-likeness (QED) is 0.865. The maximum absolute atomic E-state index is 13.1. The van der Waals surface area contributed by atoms with Crippen molar-refractivity contribution in [3.05, 3.63) is 40.4 Å². The van der Waals surface area contributed by atoms with Crippen LogP contribution >= 0.6 is 11.3 Å². The van der Waals surface area contributed by atoms with Gasteiger partial charge in [-0.05, 0) is 45.7 Å². The van der Waals surface area contributed by atoms with Gasteiger partial charge in [0.2, 0.25) is 15.9 Å². The average molecular weight is 394 g/mol. The predicted octanol–water partition coefficient (Wildman–Crippen LogP) is 3.25. The number of carbonyl (C=O) groups excluding carboxylic acids is 1. The maximum Gasteiger partial charge on any atom is 0.244 e. The zero-order valence-electron chi connectivity index (χ0n) is 15.2. The van der Waals surface area contributed by atoms with E-state index in [1.165, 1.54) is 15.6 Å². The molecule has 1 aliphatic rings. The van der Waals surface area contributed by atoms with Gasteiger partial charge in [-0.1, -0.05) is 24.1 Å². The molecule has 3 rings (SSSR count). The first kappa shape index (κ1) is 19.0. The van der Waals surface area contributed by atoms with Gasteiger partial charge >= 0.3 is 0 Å². The number of rotatable bonds is 4. The topological polar surface area (TPSA) is 79.4 Å². The van der Waals surface area contributed by atoms with Crippen LogP contribution in [0.15, 0.2) is 29.2 Å². The van der Waals surface area contributed by atoms with Crippen LogP contribution in [-0.2, 0) is 14.8 Å². The van der Waals surface area contributed by atoms with Gasteiger partial charge in [-0.3, -0.25) is 4.79 Å². The van der Waals surface area contributed by atoms with Crippen LogP contribution in [0.5, 0.6) is 0 Å². The molecular weight excluding hydrogens is 370 g/mol. The molecule has 1 aromatic carbocycles. The molecule has 1 saturated heterocycles. The second kappa shape index (κ2) is 7.46. The Bertz CT molecular complexity index is 885. The van der Waals surface area contributed by atoms with Crippen LogP contribution in [0, 0.1) is 20.8 Å². The van der Waals surface area contributed by atoms with Crippen molar-refractivity contribution in [2.75, 3.05) is 11.9 Å². The van der Waals surface area contributed by atoms with Crippen molar-refractivity contribution in [2.45, 2.75) is 51.0 Å². The Morgan fingerprint density at radius 2 is 1.88 bits per heavy atom. The number of sulfonamides is 1. The number of hydrogen-bond acceptors (Lipinski definition) is 5. The van der Waals surface area contributed by atoms with Crippen molar-refractivity contribution in [3.63, 3.8) is 0 Å². The Morgan fingerprint density at radius 3 is 2.50 bits per heavy atom. The van der Waals surface area contributed by atoms with E-state index in [1.807, 2.05) is 20.8 Å². The number of carbonyl (C=O) groups is 1. The molecule has 2 aromatic rings. The molecule has 1 aliphatic heterocycles. The van der Waals surface area contributed by atoms with Gasteiger partial charge in [0.25, 0.3) is 0 Å². The Labute approximate surface area is 158 Å². The minimum absolute atomic E-state index is 0.226. The molecule has 0 radical (unpaired) electrons. The minimum atomic E-state index is -3.71. The van der Waals surface area contributed by atoms with Crippen LogP contribution in [0.4, 0.5) is 5.13 Å². The lowest BCUT2D eigenvalue weighted by Gasteiger charge is -2.33. The molecule has 1 fully saturated rings. The summed E-state index contributed by atoms with van der Waals surface area (Å²) in [4.78, 5) is 18.4. The van der Waals surface area contributed by atoms with Crippen LogP contribution in [0.3, 0.4) is 0 Å². The summed E-state index contributed by atoms with van der Waals surface area (Å²) in [5.74, 6) is -0.311. The molecular formula is C18H23N3O3S2. The fourth-order valence-electron chi connectivity index (χ4n) is 3.02. The number of anilines is 1. The molecule has 1 aromatic heterocycles. The third kappa shape index (κ3) is 3.82. The Kier molecular flexibility index (Phi) is 5.45. The normalized spacial score (nSPS) is 18.7. The van der Waals surface area contributed by atoms with E-state index in [-0.39, 0.29) is 10.8 Å². The van der Waals surface area contributed by atoms with Crippen molar-refractivity contribution < 1.29 is 13.2 Å². The Hall–Kier alpha value is -1.77. The SMILES string of the molecule is Cc1ccc(S(=O)(=O)N2CCCCC2C(=O)Nc2nc(C)c(C)s2)cc1. The van der Waals surface area contributed by atoms with Crippen molar-refractivity contribution in [1.29, 1.82) is 0 Å². The summed E-state index contributed by atoms with van der Waals surface area (Å²) in [5, 5.41) is 3.32. The van der Waals surface area contributed by atoms with Crippen molar-refractivity contribution in [2.24, 2.45) is 0 Å². The van der Waals surface area contributed by atoms with Gasteiger partial charge in [0.15, 0.2) is 5.13 Å². The zero-order valence-corrected chi connectivity index (χ0v) is 16.8. The Balaban J connectivity index is 1.85. The summed E-state index contributed by atoms with van der Waals surface area (Å²) < 4.78 is 27.5. The van der Waals surface area contributed by atoms with Gasteiger partial charge < -0.3 is 5.32 Å². The van der Waals surface area contributed by atoms with Gasteiger partial charge in [-0.2, -0.15) is 4.31 Å². The highest BCUT2D eigenvalue weighted by Crippen LogP contribution is 2.27. The lowest BCUT2D eigenvalue weighted by Crippen LogP contribution is -2.49. The van der Waals surface area contributed by atoms with Gasteiger partial charge in [-0.15, -0.1) is 11.3 Å². The molecule has 1 N–H and O–H groups in total. The molecule has 0 bridgehead atoms. The van der Waals surface area contributed by atoms with Crippen LogP contribution in [0.1, 0.15) is 35.4 Å². The van der Waals surface area contributed by atoms with E-state index < -0.39 is 16.1 Å². The largest absolute Gasteiger partial charge is 0.301 e. The van der Waals surface area contributed by atoms with Crippen molar-refractivity contribution in [1.82, 2.24) is 9.29 Å². The van der Waals surface area contributed by atoms with Crippen LogP contribution in [-0.4, -0.2) is 36.2 Å². The van der Waals surface area contributed by atoms with Gasteiger partial charge in [0.05, 0.1) is 10.6 Å². The first-order valence-corrected chi connectivity index (χ1v) is 10.9. The van der Waals surface area contributed by atoms with Crippen molar-refractivity contribution in [3.8, 4) is 0 Å². The number of aryl methyl sites for hydroxylation is 3. The summed E-state index contributed by atoms with van der Waals surface area (Å²) in [6, 6.07) is 6.03. The summed E-state index contributed by atoms with van der Waals surface area (Å²) in [7, 11) is -3.71. The predicted molar refractivity (Wildman–Crippen MR) is 103 cm³/mol. The standard InChI is InChI=1S/C18H23N3O3S2/c1-12-7-9-15(10-8-12)26(23,24)21-11-5-4-6-16(21)17(22)20-18-19-13(2)14(3)25-18/h7-10,16H,4-6,11H2,1-3H3,(H,19,20,22). The fraction of sp³-hybridized carbons (Fsp3) is 0.444. The first-order chi connectivity index (χ1) is 12.3. The number of piperidine rings is 1. The fourth-order valence-corrected chi connectivity index (χ4v) is 5.49. The molecule has 0 spiro atoms. The van der Waals surface area contributed by atoms with Crippen LogP contribution in [0.2, 0.25) is 0 Å². The molecule has 140 valence electrons. The second-order valence-electron chi connectivity index (χ2n) is 6.59. The van der Waals surface area contributed by atoms with Gasteiger partial charge in [0, 0.05) is 11.4 Å². The molecule has 2 heterocycles. The minimum Gasteiger partial charge on any atom is -0.301 e. The number of hydrogen-bond donors (Lipinski definition) is 1. The number of nitrogens with one attached hydrogen (secondary N) is 1. The molecule has 1 atom stereocenters. The summed E-state index contributed by atoms with van der Waals surface area (Å²) in [5.41, 5.74) is 1.87. The number of amides is 1.